The zero-order valence-corrected chi connectivity index (χ0v) is 19.5. The van der Waals surface area contributed by atoms with Crippen molar-refractivity contribution in [3.05, 3.63) is 82.9 Å². The highest BCUT2D eigenvalue weighted by atomic mass is 31.2. The Labute approximate surface area is 196 Å². The second-order valence-electron chi connectivity index (χ2n) is 7.98. The van der Waals surface area contributed by atoms with Gasteiger partial charge in [-0.3, -0.25) is 9.42 Å². The number of benzene rings is 3. The third-order valence-corrected chi connectivity index (χ3v) is 6.78. The fourth-order valence-corrected chi connectivity index (χ4v) is 4.74. The van der Waals surface area contributed by atoms with Gasteiger partial charge in [-0.1, -0.05) is 31.5 Å². The number of carbonyl (C=O) groups excluding carboxylic acids is 1. The lowest BCUT2D eigenvalue weighted by molar-refractivity contribution is 0.0224. The number of unbranched alkanes of at least 4 members (excludes halogenated alkanes) is 1. The van der Waals surface area contributed by atoms with Gasteiger partial charge < -0.3 is 18.7 Å². The van der Waals surface area contributed by atoms with Crippen molar-refractivity contribution < 1.29 is 37.5 Å². The van der Waals surface area contributed by atoms with Gasteiger partial charge >= 0.3 is 13.8 Å². The quantitative estimate of drug-likeness (QED) is 0.265. The fraction of sp³-hybridized carbons (Fsp3) is 0.240. The Bertz CT molecular complexity index is 1320. The Morgan fingerprint density at radius 2 is 1.65 bits per heavy atom. The van der Waals surface area contributed by atoms with Gasteiger partial charge in [-0.25, -0.2) is 9.36 Å². The maximum Gasteiger partial charge on any atom is 0.527 e. The summed E-state index contributed by atoms with van der Waals surface area (Å²) >= 11 is 0. The second-order valence-corrected chi connectivity index (χ2v) is 9.46. The van der Waals surface area contributed by atoms with E-state index in [0.29, 0.717) is 46.1 Å². The van der Waals surface area contributed by atoms with Crippen LogP contribution < -0.4 is 14.0 Å². The van der Waals surface area contributed by atoms with E-state index in [9.17, 15) is 14.3 Å². The largest absolute Gasteiger partial charge is 0.527 e. The summed E-state index contributed by atoms with van der Waals surface area (Å²) in [7, 11) is -3.20. The van der Waals surface area contributed by atoms with Gasteiger partial charge in [0.05, 0.1) is 12.2 Å². The molecule has 2 heterocycles. The highest BCUT2D eigenvalue weighted by Gasteiger charge is 2.53. The van der Waals surface area contributed by atoms with Crippen LogP contribution >= 0.6 is 7.82 Å². The zero-order valence-electron chi connectivity index (χ0n) is 18.6. The molecule has 5 rings (SSSR count). The van der Waals surface area contributed by atoms with Crippen LogP contribution in [0.25, 0.3) is 0 Å². The van der Waals surface area contributed by atoms with Crippen LogP contribution in [0.1, 0.15) is 46.8 Å². The Kier molecular flexibility index (Phi) is 5.60. The van der Waals surface area contributed by atoms with E-state index in [-0.39, 0.29) is 5.75 Å². The van der Waals surface area contributed by atoms with Crippen molar-refractivity contribution in [1.82, 2.24) is 0 Å². The number of esters is 1. The topological polar surface area (TPSA) is 101 Å². The van der Waals surface area contributed by atoms with Crippen molar-refractivity contribution in [2.45, 2.75) is 25.4 Å². The predicted molar refractivity (Wildman–Crippen MR) is 123 cm³/mol. The number of rotatable bonds is 7. The molecule has 0 aromatic heterocycles. The molecule has 2 aliphatic heterocycles. The standard InChI is InChI=1S/C25H23O8P/c1-3-4-13-30-16-9-11-20-22(14-16)31-23-15-17(33-34(27,28)29-2)10-12-21(23)25(20)19-8-6-5-7-18(19)24(26)32-25/h5-12,14-15H,3-4,13H2,1-2H3,(H,27,28)/t25-/m1/s1. The maximum atomic E-state index is 12.9. The summed E-state index contributed by atoms with van der Waals surface area (Å²) in [6, 6.07) is 17.3. The van der Waals surface area contributed by atoms with E-state index in [1.54, 1.807) is 24.3 Å². The summed E-state index contributed by atoms with van der Waals surface area (Å²) in [6.45, 7) is 2.65. The number of phosphoric ester groups is 1. The first-order valence-electron chi connectivity index (χ1n) is 10.9. The van der Waals surface area contributed by atoms with Crippen LogP contribution in [0.5, 0.6) is 23.0 Å². The fourth-order valence-electron chi connectivity index (χ4n) is 4.29. The number of phosphoric acid groups is 1. The zero-order chi connectivity index (χ0) is 23.9. The van der Waals surface area contributed by atoms with Gasteiger partial charge in [0.2, 0.25) is 0 Å². The third-order valence-electron chi connectivity index (χ3n) is 5.87. The summed E-state index contributed by atoms with van der Waals surface area (Å²) in [5, 5.41) is 0. The van der Waals surface area contributed by atoms with Crippen LogP contribution in [0.4, 0.5) is 0 Å². The van der Waals surface area contributed by atoms with E-state index in [4.69, 9.17) is 18.7 Å². The smallest absolute Gasteiger partial charge is 0.493 e. The van der Waals surface area contributed by atoms with E-state index < -0.39 is 19.4 Å². The molecule has 34 heavy (non-hydrogen) atoms. The van der Waals surface area contributed by atoms with E-state index in [1.807, 2.05) is 24.3 Å². The molecular formula is C25H23O8P. The third kappa shape index (κ3) is 3.64. The average Bonchev–Trinajstić information content (AvgIpc) is 3.12. The predicted octanol–water partition coefficient (Wildman–Crippen LogP) is 5.56. The molecule has 0 bridgehead atoms. The van der Waals surface area contributed by atoms with Crippen LogP contribution in [0.2, 0.25) is 0 Å². The van der Waals surface area contributed by atoms with Crippen LogP contribution in [-0.2, 0) is 19.4 Å². The highest BCUT2D eigenvalue weighted by molar-refractivity contribution is 7.47. The van der Waals surface area contributed by atoms with Gasteiger partial charge in [-0.15, -0.1) is 0 Å². The molecule has 3 aromatic carbocycles. The van der Waals surface area contributed by atoms with Crippen LogP contribution in [0.3, 0.4) is 0 Å². The Morgan fingerprint density at radius 1 is 0.971 bits per heavy atom. The molecule has 8 nitrogen and oxygen atoms in total. The molecule has 3 aromatic rings. The highest BCUT2D eigenvalue weighted by Crippen LogP contribution is 2.57. The molecule has 176 valence electrons. The summed E-state index contributed by atoms with van der Waals surface area (Å²) in [5.74, 6) is 1.00. The van der Waals surface area contributed by atoms with E-state index in [1.165, 1.54) is 12.1 Å². The lowest BCUT2D eigenvalue weighted by Crippen LogP contribution is -2.33. The van der Waals surface area contributed by atoms with Crippen molar-refractivity contribution >= 4 is 13.8 Å². The molecule has 0 saturated carbocycles. The van der Waals surface area contributed by atoms with E-state index in [2.05, 4.69) is 11.4 Å². The molecule has 1 spiro atoms. The first-order valence-corrected chi connectivity index (χ1v) is 12.4. The Balaban J connectivity index is 1.67. The summed E-state index contributed by atoms with van der Waals surface area (Å²) in [6.07, 6.45) is 1.92. The first kappa shape index (κ1) is 22.5. The maximum absolute atomic E-state index is 12.9. The lowest BCUT2D eigenvalue weighted by atomic mass is 9.77. The van der Waals surface area contributed by atoms with Gasteiger partial charge in [-0.05, 0) is 36.8 Å². The number of hydrogen-bond acceptors (Lipinski definition) is 7. The minimum atomic E-state index is -4.28. The summed E-state index contributed by atoms with van der Waals surface area (Å²) in [4.78, 5) is 22.6. The van der Waals surface area contributed by atoms with Crippen molar-refractivity contribution in [2.24, 2.45) is 0 Å². The number of ether oxygens (including phenoxy) is 3. The monoisotopic (exact) mass is 482 g/mol. The average molecular weight is 482 g/mol. The molecule has 0 fully saturated rings. The van der Waals surface area contributed by atoms with Crippen LogP contribution in [-0.4, -0.2) is 24.6 Å². The molecule has 2 aliphatic rings. The molecule has 1 N–H and O–H groups in total. The molecule has 0 radical (unpaired) electrons. The summed E-state index contributed by atoms with van der Waals surface area (Å²) < 4.78 is 39.7. The molecule has 9 heteroatoms. The normalized spacial score (nSPS) is 19.3. The Hall–Kier alpha value is -3.32. The van der Waals surface area contributed by atoms with Crippen molar-refractivity contribution in [1.29, 1.82) is 0 Å². The first-order chi connectivity index (χ1) is 16.4. The van der Waals surface area contributed by atoms with Crippen LogP contribution in [0, 0.1) is 0 Å². The molecule has 0 saturated heterocycles. The molecular weight excluding hydrogens is 459 g/mol. The molecule has 0 aliphatic carbocycles. The van der Waals surface area contributed by atoms with Gasteiger partial charge in [0.25, 0.3) is 0 Å². The van der Waals surface area contributed by atoms with Gasteiger partial charge in [0, 0.05) is 35.9 Å². The van der Waals surface area contributed by atoms with Crippen LogP contribution in [0.15, 0.2) is 60.7 Å². The SMILES string of the molecule is CCCCOc1ccc2c(c1)Oc1cc(OP(=O)(O)OC)ccc1[C@]21OC(=O)c2ccccc21. The number of fused-ring (bicyclic) bond motifs is 6. The Morgan fingerprint density at radius 3 is 2.35 bits per heavy atom. The van der Waals surface area contributed by atoms with E-state index >= 15 is 0 Å². The lowest BCUT2D eigenvalue weighted by Gasteiger charge is -2.36. The molecule has 2 atom stereocenters. The van der Waals surface area contributed by atoms with Gasteiger partial charge in [0.15, 0.2) is 5.60 Å². The second kappa shape index (κ2) is 8.47. The molecule has 0 amide bonds. The van der Waals surface area contributed by atoms with Crippen molar-refractivity contribution in [2.75, 3.05) is 13.7 Å². The van der Waals surface area contributed by atoms with Crippen molar-refractivity contribution in [3.63, 3.8) is 0 Å². The van der Waals surface area contributed by atoms with Gasteiger partial charge in [-0.2, -0.15) is 0 Å². The minimum absolute atomic E-state index is 0.0676. The molecule has 1 unspecified atom stereocenters. The summed E-state index contributed by atoms with van der Waals surface area (Å²) in [5.41, 5.74) is 1.12. The number of hydrogen-bond donors (Lipinski definition) is 1. The van der Waals surface area contributed by atoms with E-state index in [0.717, 1.165) is 20.0 Å². The minimum Gasteiger partial charge on any atom is -0.493 e. The van der Waals surface area contributed by atoms with Gasteiger partial charge in [0.1, 0.15) is 23.0 Å². The number of carbonyl (C=O) groups is 1. The van der Waals surface area contributed by atoms with Crippen molar-refractivity contribution in [3.8, 4) is 23.0 Å².